The molecule has 0 radical (unpaired) electrons. The first-order valence-corrected chi connectivity index (χ1v) is 9.19. The van der Waals surface area contributed by atoms with Gasteiger partial charge in [-0.3, -0.25) is 14.4 Å². The van der Waals surface area contributed by atoms with Crippen molar-refractivity contribution in [3.63, 3.8) is 0 Å². The highest BCUT2D eigenvalue weighted by Gasteiger charge is 2.31. The van der Waals surface area contributed by atoms with Gasteiger partial charge in [0, 0.05) is 21.2 Å². The standard InChI is InChI=1S/C22H14BrNO3/c23-14-10-8-13(9-11-14)12-19(25)24-18-7-3-6-17-20(18)22(27)16-5-2-1-4-15(16)21(17)26/h1-11H,12H2,(H,24,25). The number of anilines is 1. The van der Waals surface area contributed by atoms with Gasteiger partial charge in [-0.15, -0.1) is 0 Å². The number of carbonyl (C=O) groups is 3. The lowest BCUT2D eigenvalue weighted by Gasteiger charge is -2.20. The summed E-state index contributed by atoms with van der Waals surface area (Å²) in [5.74, 6) is -0.700. The van der Waals surface area contributed by atoms with Crippen LogP contribution in [0.15, 0.2) is 71.2 Å². The van der Waals surface area contributed by atoms with Gasteiger partial charge in [-0.25, -0.2) is 0 Å². The van der Waals surface area contributed by atoms with Crippen molar-refractivity contribution < 1.29 is 14.4 Å². The molecule has 5 heteroatoms. The van der Waals surface area contributed by atoms with Gasteiger partial charge in [0.25, 0.3) is 0 Å². The van der Waals surface area contributed by atoms with Gasteiger partial charge in [0.05, 0.1) is 17.7 Å². The zero-order valence-corrected chi connectivity index (χ0v) is 15.7. The second-order valence-corrected chi connectivity index (χ2v) is 7.20. The highest BCUT2D eigenvalue weighted by Crippen LogP contribution is 2.32. The Bertz CT molecular complexity index is 1090. The predicted molar refractivity (Wildman–Crippen MR) is 106 cm³/mol. The van der Waals surface area contributed by atoms with Crippen molar-refractivity contribution >= 4 is 39.1 Å². The molecule has 0 saturated heterocycles. The first kappa shape index (κ1) is 17.4. The molecule has 4 nitrogen and oxygen atoms in total. The average molecular weight is 420 g/mol. The topological polar surface area (TPSA) is 63.2 Å². The van der Waals surface area contributed by atoms with Gasteiger partial charge in [0.2, 0.25) is 5.91 Å². The van der Waals surface area contributed by atoms with Crippen LogP contribution in [0, 0.1) is 0 Å². The Morgan fingerprint density at radius 3 is 2.11 bits per heavy atom. The van der Waals surface area contributed by atoms with E-state index in [9.17, 15) is 14.4 Å². The molecular formula is C22H14BrNO3. The summed E-state index contributed by atoms with van der Waals surface area (Å²) in [4.78, 5) is 38.2. The maximum atomic E-state index is 12.9. The molecule has 0 aromatic heterocycles. The van der Waals surface area contributed by atoms with E-state index in [2.05, 4.69) is 21.2 Å². The number of fused-ring (bicyclic) bond motifs is 2. The summed E-state index contributed by atoms with van der Waals surface area (Å²) in [5, 5.41) is 2.79. The SMILES string of the molecule is O=C(Cc1ccc(Br)cc1)Nc1cccc2c1C(=O)c1ccccc1C2=O. The van der Waals surface area contributed by atoms with Crippen LogP contribution in [0.1, 0.15) is 37.4 Å². The van der Waals surface area contributed by atoms with Gasteiger partial charge in [0.1, 0.15) is 0 Å². The fraction of sp³-hybridized carbons (Fsp3) is 0.0455. The van der Waals surface area contributed by atoms with Crippen molar-refractivity contribution in [1.82, 2.24) is 0 Å². The molecular weight excluding hydrogens is 406 g/mol. The largest absolute Gasteiger partial charge is 0.325 e. The van der Waals surface area contributed by atoms with E-state index in [1.807, 2.05) is 24.3 Å². The Labute approximate surface area is 164 Å². The van der Waals surface area contributed by atoms with E-state index >= 15 is 0 Å². The Kier molecular flexibility index (Phi) is 4.46. The van der Waals surface area contributed by atoms with Crippen LogP contribution >= 0.6 is 15.9 Å². The minimum absolute atomic E-state index is 0.176. The minimum Gasteiger partial charge on any atom is -0.325 e. The maximum absolute atomic E-state index is 12.9. The number of benzene rings is 3. The molecule has 0 bridgehead atoms. The van der Waals surface area contributed by atoms with Crippen LogP contribution < -0.4 is 5.32 Å². The minimum atomic E-state index is -0.250. The van der Waals surface area contributed by atoms with Gasteiger partial charge in [-0.05, 0) is 23.8 Å². The number of amides is 1. The van der Waals surface area contributed by atoms with Gasteiger partial charge in [0.15, 0.2) is 11.6 Å². The summed E-state index contributed by atoms with van der Waals surface area (Å²) in [6, 6.07) is 19.1. The van der Waals surface area contributed by atoms with Crippen molar-refractivity contribution in [2.45, 2.75) is 6.42 Å². The zero-order valence-electron chi connectivity index (χ0n) is 14.2. The van der Waals surface area contributed by atoms with E-state index in [0.717, 1.165) is 10.0 Å². The summed E-state index contributed by atoms with van der Waals surface area (Å²) < 4.78 is 0.937. The van der Waals surface area contributed by atoms with Gasteiger partial charge < -0.3 is 5.32 Å². The van der Waals surface area contributed by atoms with E-state index in [0.29, 0.717) is 22.4 Å². The molecule has 1 N–H and O–H groups in total. The quantitative estimate of drug-likeness (QED) is 0.534. The monoisotopic (exact) mass is 419 g/mol. The number of nitrogens with one attached hydrogen (secondary N) is 1. The van der Waals surface area contributed by atoms with E-state index < -0.39 is 0 Å². The molecule has 0 spiro atoms. The fourth-order valence-corrected chi connectivity index (χ4v) is 3.50. The van der Waals surface area contributed by atoms with Crippen molar-refractivity contribution in [1.29, 1.82) is 0 Å². The molecule has 0 fully saturated rings. The Morgan fingerprint density at radius 2 is 1.41 bits per heavy atom. The molecule has 1 aliphatic rings. The Hall–Kier alpha value is -3.05. The third-order valence-corrected chi connectivity index (χ3v) is 5.03. The highest BCUT2D eigenvalue weighted by molar-refractivity contribution is 9.10. The molecule has 1 amide bonds. The number of hydrogen-bond acceptors (Lipinski definition) is 3. The molecule has 0 unspecified atom stereocenters. The summed E-state index contributed by atoms with van der Waals surface area (Å²) in [6.07, 6.45) is 0.176. The van der Waals surface area contributed by atoms with Crippen LogP contribution in [0.3, 0.4) is 0 Å². The molecule has 3 aromatic carbocycles. The van der Waals surface area contributed by atoms with Crippen molar-refractivity contribution in [3.05, 3.63) is 99.0 Å². The maximum Gasteiger partial charge on any atom is 0.228 e. The lowest BCUT2D eigenvalue weighted by molar-refractivity contribution is -0.115. The van der Waals surface area contributed by atoms with Crippen LogP contribution in [0.25, 0.3) is 0 Å². The number of rotatable bonds is 3. The molecule has 0 saturated carbocycles. The molecule has 0 atom stereocenters. The third-order valence-electron chi connectivity index (χ3n) is 4.50. The summed E-state index contributed by atoms with van der Waals surface area (Å²) in [5.41, 5.74) is 2.55. The number of carbonyl (C=O) groups excluding carboxylic acids is 3. The van der Waals surface area contributed by atoms with E-state index in [-0.39, 0.29) is 29.5 Å². The molecule has 3 aromatic rings. The van der Waals surface area contributed by atoms with Crippen molar-refractivity contribution in [2.24, 2.45) is 0 Å². The average Bonchev–Trinajstić information content (AvgIpc) is 2.68. The number of hydrogen-bond donors (Lipinski definition) is 1. The van der Waals surface area contributed by atoms with Crippen LogP contribution in [0.2, 0.25) is 0 Å². The van der Waals surface area contributed by atoms with Crippen LogP contribution in [-0.4, -0.2) is 17.5 Å². The summed E-state index contributed by atoms with van der Waals surface area (Å²) >= 11 is 3.36. The molecule has 4 rings (SSSR count). The fourth-order valence-electron chi connectivity index (χ4n) is 3.23. The smallest absolute Gasteiger partial charge is 0.228 e. The van der Waals surface area contributed by atoms with Crippen molar-refractivity contribution in [2.75, 3.05) is 5.32 Å². The van der Waals surface area contributed by atoms with Crippen LogP contribution in [0.5, 0.6) is 0 Å². The van der Waals surface area contributed by atoms with Gasteiger partial charge >= 0.3 is 0 Å². The zero-order chi connectivity index (χ0) is 19.0. The molecule has 132 valence electrons. The van der Waals surface area contributed by atoms with Gasteiger partial charge in [-0.2, -0.15) is 0 Å². The Balaban J connectivity index is 1.66. The van der Waals surface area contributed by atoms with E-state index in [4.69, 9.17) is 0 Å². The van der Waals surface area contributed by atoms with Gasteiger partial charge in [-0.1, -0.05) is 64.5 Å². The van der Waals surface area contributed by atoms with Crippen molar-refractivity contribution in [3.8, 4) is 0 Å². The first-order chi connectivity index (χ1) is 13.0. The summed E-state index contributed by atoms with van der Waals surface area (Å²) in [6.45, 7) is 0. The van der Waals surface area contributed by atoms with E-state index in [1.54, 1.807) is 42.5 Å². The molecule has 27 heavy (non-hydrogen) atoms. The summed E-state index contributed by atoms with van der Waals surface area (Å²) in [7, 11) is 0. The number of halogens is 1. The van der Waals surface area contributed by atoms with E-state index in [1.165, 1.54) is 0 Å². The highest BCUT2D eigenvalue weighted by atomic mass is 79.9. The number of ketones is 2. The normalized spacial score (nSPS) is 12.3. The lowest BCUT2D eigenvalue weighted by Crippen LogP contribution is -2.24. The molecule has 0 aliphatic heterocycles. The lowest BCUT2D eigenvalue weighted by atomic mass is 9.83. The second kappa shape index (κ2) is 6.93. The van der Waals surface area contributed by atoms with Crippen LogP contribution in [-0.2, 0) is 11.2 Å². The third kappa shape index (κ3) is 3.22. The predicted octanol–water partition coefficient (Wildman–Crippen LogP) is 4.41. The molecule has 0 heterocycles. The first-order valence-electron chi connectivity index (χ1n) is 8.40. The second-order valence-electron chi connectivity index (χ2n) is 6.28. The molecule has 1 aliphatic carbocycles. The van der Waals surface area contributed by atoms with Crippen LogP contribution in [0.4, 0.5) is 5.69 Å². The Morgan fingerprint density at radius 1 is 0.778 bits per heavy atom.